The van der Waals surface area contributed by atoms with E-state index in [1.807, 2.05) is 0 Å². The van der Waals surface area contributed by atoms with Crippen LogP contribution < -0.4 is 8.92 Å². The molecule has 0 fully saturated rings. The minimum absolute atomic E-state index is 0.0304. The lowest BCUT2D eigenvalue weighted by Gasteiger charge is -2.10. The van der Waals surface area contributed by atoms with Crippen LogP contribution in [0.15, 0.2) is 53.4 Å². The number of para-hydroxylation sites is 2. The minimum atomic E-state index is -3.90. The Labute approximate surface area is 116 Å². The zero-order valence-electron chi connectivity index (χ0n) is 10.0. The highest BCUT2D eigenvalue weighted by atomic mass is 35.5. The van der Waals surface area contributed by atoms with Crippen LogP contribution in [-0.2, 0) is 10.1 Å². The average Bonchev–Trinajstić information content (AvgIpc) is 2.39. The van der Waals surface area contributed by atoms with Crippen LogP contribution in [0.1, 0.15) is 0 Å². The van der Waals surface area contributed by atoms with Crippen molar-refractivity contribution < 1.29 is 17.3 Å². The van der Waals surface area contributed by atoms with Crippen molar-refractivity contribution in [2.24, 2.45) is 0 Å². The third kappa shape index (κ3) is 3.19. The number of hydrogen-bond acceptors (Lipinski definition) is 4. The molecule has 0 saturated heterocycles. The van der Waals surface area contributed by atoms with Gasteiger partial charge >= 0.3 is 10.1 Å². The van der Waals surface area contributed by atoms with Crippen molar-refractivity contribution in [3.8, 4) is 11.5 Å². The molecule has 6 heteroatoms. The van der Waals surface area contributed by atoms with Gasteiger partial charge in [0.05, 0.1) is 7.11 Å². The fourth-order valence-electron chi connectivity index (χ4n) is 1.46. The molecule has 0 unspecified atom stereocenters. The van der Waals surface area contributed by atoms with Crippen molar-refractivity contribution in [3.63, 3.8) is 0 Å². The lowest BCUT2D eigenvalue weighted by Crippen LogP contribution is -2.10. The number of rotatable bonds is 4. The lowest BCUT2D eigenvalue weighted by atomic mass is 10.3. The summed E-state index contributed by atoms with van der Waals surface area (Å²) in [7, 11) is -2.46. The van der Waals surface area contributed by atoms with E-state index in [4.69, 9.17) is 20.5 Å². The molecule has 0 aliphatic heterocycles. The first-order chi connectivity index (χ1) is 9.03. The second kappa shape index (κ2) is 5.50. The molecule has 19 heavy (non-hydrogen) atoms. The van der Waals surface area contributed by atoms with Gasteiger partial charge in [0.25, 0.3) is 0 Å². The van der Waals surface area contributed by atoms with Gasteiger partial charge < -0.3 is 8.92 Å². The molecule has 0 bridgehead atoms. The third-order valence-corrected chi connectivity index (χ3v) is 3.87. The largest absolute Gasteiger partial charge is 0.493 e. The van der Waals surface area contributed by atoms with Gasteiger partial charge in [0.2, 0.25) is 0 Å². The molecular formula is C13H11ClO4S. The van der Waals surface area contributed by atoms with Gasteiger partial charge in [-0.1, -0.05) is 23.7 Å². The minimum Gasteiger partial charge on any atom is -0.493 e. The predicted octanol–water partition coefficient (Wildman–Crippen LogP) is 3.12. The first-order valence-electron chi connectivity index (χ1n) is 5.36. The first kappa shape index (κ1) is 13.7. The molecule has 0 aromatic heterocycles. The molecule has 0 N–H and O–H groups in total. The molecular weight excluding hydrogens is 288 g/mol. The van der Waals surface area contributed by atoms with E-state index in [9.17, 15) is 8.42 Å². The van der Waals surface area contributed by atoms with Crippen molar-refractivity contribution in [2.75, 3.05) is 7.11 Å². The van der Waals surface area contributed by atoms with E-state index in [0.29, 0.717) is 10.8 Å². The van der Waals surface area contributed by atoms with Gasteiger partial charge in [0.15, 0.2) is 11.5 Å². The molecule has 0 radical (unpaired) electrons. The summed E-state index contributed by atoms with van der Waals surface area (Å²) >= 11 is 5.71. The summed E-state index contributed by atoms with van der Waals surface area (Å²) in [5.74, 6) is 0.486. The summed E-state index contributed by atoms with van der Waals surface area (Å²) in [5.41, 5.74) is 0. The SMILES string of the molecule is COc1ccccc1OS(=O)(=O)c1ccc(Cl)cc1. The number of ether oxygens (including phenoxy) is 1. The van der Waals surface area contributed by atoms with Gasteiger partial charge in [-0.25, -0.2) is 0 Å². The molecule has 0 aliphatic carbocycles. The summed E-state index contributed by atoms with van der Waals surface area (Å²) in [6.45, 7) is 0. The fraction of sp³-hybridized carbons (Fsp3) is 0.0769. The Hall–Kier alpha value is -1.72. The first-order valence-corrected chi connectivity index (χ1v) is 7.14. The average molecular weight is 299 g/mol. The summed E-state index contributed by atoms with van der Waals surface area (Å²) < 4.78 is 34.2. The van der Waals surface area contributed by atoms with Crippen LogP contribution >= 0.6 is 11.6 Å². The molecule has 2 aromatic carbocycles. The highest BCUT2D eigenvalue weighted by Gasteiger charge is 2.18. The number of hydrogen-bond donors (Lipinski definition) is 0. The van der Waals surface area contributed by atoms with E-state index in [2.05, 4.69) is 0 Å². The molecule has 0 saturated carbocycles. The van der Waals surface area contributed by atoms with Gasteiger partial charge in [-0.05, 0) is 36.4 Å². The smallest absolute Gasteiger partial charge is 0.339 e. The Morgan fingerprint density at radius 1 is 0.947 bits per heavy atom. The summed E-state index contributed by atoms with van der Waals surface area (Å²) in [6.07, 6.45) is 0. The maximum absolute atomic E-state index is 12.1. The molecule has 100 valence electrons. The Morgan fingerprint density at radius 2 is 1.53 bits per heavy atom. The van der Waals surface area contributed by atoms with Crippen LogP contribution in [0, 0.1) is 0 Å². The van der Waals surface area contributed by atoms with Gasteiger partial charge in [0.1, 0.15) is 4.90 Å². The fourth-order valence-corrected chi connectivity index (χ4v) is 2.52. The molecule has 2 aromatic rings. The zero-order chi connectivity index (χ0) is 13.9. The highest BCUT2D eigenvalue weighted by Crippen LogP contribution is 2.29. The van der Waals surface area contributed by atoms with Crippen LogP contribution in [-0.4, -0.2) is 15.5 Å². The van der Waals surface area contributed by atoms with Crippen LogP contribution in [0.3, 0.4) is 0 Å². The summed E-state index contributed by atoms with van der Waals surface area (Å²) in [5, 5.41) is 0.455. The zero-order valence-corrected chi connectivity index (χ0v) is 11.6. The Kier molecular flexibility index (Phi) is 3.97. The van der Waals surface area contributed by atoms with Crippen molar-refractivity contribution in [2.45, 2.75) is 4.90 Å². The van der Waals surface area contributed by atoms with E-state index < -0.39 is 10.1 Å². The topological polar surface area (TPSA) is 52.6 Å². The van der Waals surface area contributed by atoms with Gasteiger partial charge in [0, 0.05) is 5.02 Å². The normalized spacial score (nSPS) is 11.1. The van der Waals surface area contributed by atoms with Crippen molar-refractivity contribution in [1.82, 2.24) is 0 Å². The van der Waals surface area contributed by atoms with Gasteiger partial charge in [-0.3, -0.25) is 0 Å². The summed E-state index contributed by atoms with van der Waals surface area (Å²) in [4.78, 5) is 0.0304. The predicted molar refractivity (Wildman–Crippen MR) is 72.3 cm³/mol. The van der Waals surface area contributed by atoms with E-state index in [0.717, 1.165) is 0 Å². The number of methoxy groups -OCH3 is 1. The van der Waals surface area contributed by atoms with E-state index >= 15 is 0 Å². The van der Waals surface area contributed by atoms with Crippen LogP contribution in [0.2, 0.25) is 5.02 Å². The standard InChI is InChI=1S/C13H11ClO4S/c1-17-12-4-2-3-5-13(12)18-19(15,16)11-8-6-10(14)7-9-11/h2-9H,1H3. The van der Waals surface area contributed by atoms with Crippen molar-refractivity contribution >= 4 is 21.7 Å². The maximum atomic E-state index is 12.1. The van der Waals surface area contributed by atoms with E-state index in [1.165, 1.54) is 37.4 Å². The number of halogens is 1. The van der Waals surface area contributed by atoms with E-state index in [-0.39, 0.29) is 10.6 Å². The Balaban J connectivity index is 2.34. The van der Waals surface area contributed by atoms with Gasteiger partial charge in [-0.2, -0.15) is 8.42 Å². The quantitative estimate of drug-likeness (QED) is 0.814. The van der Waals surface area contributed by atoms with Crippen LogP contribution in [0.25, 0.3) is 0 Å². The Morgan fingerprint density at radius 3 is 2.11 bits per heavy atom. The van der Waals surface area contributed by atoms with Gasteiger partial charge in [-0.15, -0.1) is 0 Å². The highest BCUT2D eigenvalue weighted by molar-refractivity contribution is 7.87. The van der Waals surface area contributed by atoms with Crippen molar-refractivity contribution in [3.05, 3.63) is 53.6 Å². The lowest BCUT2D eigenvalue weighted by molar-refractivity contribution is 0.390. The molecule has 0 amide bonds. The van der Waals surface area contributed by atoms with E-state index in [1.54, 1.807) is 18.2 Å². The maximum Gasteiger partial charge on any atom is 0.339 e. The number of benzene rings is 2. The Bertz CT molecular complexity index is 665. The molecule has 4 nitrogen and oxygen atoms in total. The summed E-state index contributed by atoms with van der Waals surface area (Å²) in [6, 6.07) is 12.3. The molecule has 0 aliphatic rings. The second-order valence-corrected chi connectivity index (χ2v) is 5.62. The third-order valence-electron chi connectivity index (χ3n) is 2.37. The second-order valence-electron chi connectivity index (χ2n) is 3.64. The molecule has 2 rings (SSSR count). The molecule has 0 heterocycles. The van der Waals surface area contributed by atoms with Crippen molar-refractivity contribution in [1.29, 1.82) is 0 Å². The van der Waals surface area contributed by atoms with Crippen LogP contribution in [0.4, 0.5) is 0 Å². The molecule has 0 spiro atoms. The molecule has 0 atom stereocenters. The monoisotopic (exact) mass is 298 g/mol. The van der Waals surface area contributed by atoms with Crippen LogP contribution in [0.5, 0.6) is 11.5 Å².